The van der Waals surface area contributed by atoms with E-state index in [-0.39, 0.29) is 12.8 Å². The minimum absolute atomic E-state index is 0.209. The van der Waals surface area contributed by atoms with Crippen LogP contribution in [-0.2, 0) is 34.9 Å². The minimum Gasteiger partial charge on any atom is -0.481 e. The Kier molecular flexibility index (Phi) is 11.5. The average Bonchev–Trinajstić information content (AvgIpc) is 2.95. The third-order valence-corrected chi connectivity index (χ3v) is 7.95. The Hall–Kier alpha value is -1.75. The molecule has 0 bridgehead atoms. The highest BCUT2D eigenvalue weighted by Crippen LogP contribution is 2.33. The lowest BCUT2D eigenvalue weighted by atomic mass is 9.93. The Morgan fingerprint density at radius 2 is 1.49 bits per heavy atom. The Labute approximate surface area is 238 Å². The molecule has 232 valence electrons. The van der Waals surface area contributed by atoms with E-state index < -0.39 is 92.3 Å². The summed E-state index contributed by atoms with van der Waals surface area (Å²) in [4.78, 5) is 11.6. The molecule has 4 rings (SSSR count). The van der Waals surface area contributed by atoms with Crippen molar-refractivity contribution in [3.63, 3.8) is 0 Å². The van der Waals surface area contributed by atoms with E-state index in [4.69, 9.17) is 23.7 Å². The Morgan fingerprint density at radius 1 is 0.878 bits per heavy atom. The van der Waals surface area contributed by atoms with Gasteiger partial charge in [0.1, 0.15) is 42.7 Å². The molecule has 0 amide bonds. The first kappa shape index (κ1) is 32.2. The highest BCUT2D eigenvalue weighted by atomic mass is 16.7. The molecular weight excluding hydrogens is 544 g/mol. The Morgan fingerprint density at radius 3 is 2.07 bits per heavy atom. The van der Waals surface area contributed by atoms with Gasteiger partial charge in [0.05, 0.1) is 37.4 Å². The zero-order valence-corrected chi connectivity index (χ0v) is 22.9. The van der Waals surface area contributed by atoms with Crippen LogP contribution in [0.3, 0.4) is 0 Å². The number of aliphatic hydroxyl groups excluding tert-OH is 6. The van der Waals surface area contributed by atoms with E-state index in [1.54, 1.807) is 19.1 Å². The highest BCUT2D eigenvalue weighted by molar-refractivity contribution is 5.67. The lowest BCUT2D eigenvalue weighted by molar-refractivity contribution is -0.345. The summed E-state index contributed by atoms with van der Waals surface area (Å²) in [6, 6.07) is 9.06. The predicted octanol–water partition coefficient (Wildman–Crippen LogP) is -0.931. The van der Waals surface area contributed by atoms with Crippen LogP contribution in [0, 0.1) is 0 Å². The molecule has 7 N–H and O–H groups in total. The molecule has 2 heterocycles. The number of carbonyl (C=O) groups is 1. The van der Waals surface area contributed by atoms with Crippen LogP contribution in [0.4, 0.5) is 0 Å². The normalized spacial score (nSPS) is 40.7. The molecule has 3 aliphatic rings. The molecule has 2 saturated heterocycles. The van der Waals surface area contributed by atoms with E-state index in [2.05, 4.69) is 0 Å². The Bertz CT molecular complexity index is 950. The fourth-order valence-electron chi connectivity index (χ4n) is 5.63. The van der Waals surface area contributed by atoms with Crippen molar-refractivity contribution in [3.05, 3.63) is 35.9 Å². The monoisotopic (exact) mass is 586 g/mol. The third kappa shape index (κ3) is 8.00. The van der Waals surface area contributed by atoms with Gasteiger partial charge in [-0.25, -0.2) is 0 Å². The summed E-state index contributed by atoms with van der Waals surface area (Å²) in [6.45, 7) is 0.938. The second-order valence-electron chi connectivity index (χ2n) is 11.0. The minimum atomic E-state index is -1.55. The number of aliphatic hydroxyl groups is 6. The van der Waals surface area contributed by atoms with Crippen molar-refractivity contribution >= 4 is 5.97 Å². The number of hydrogen-bond donors (Lipinski definition) is 7. The van der Waals surface area contributed by atoms with Gasteiger partial charge in [0, 0.05) is 0 Å². The van der Waals surface area contributed by atoms with Crippen LogP contribution < -0.4 is 0 Å². The van der Waals surface area contributed by atoms with Gasteiger partial charge in [-0.05, 0) is 31.7 Å². The van der Waals surface area contributed by atoms with Crippen molar-refractivity contribution in [1.29, 1.82) is 0 Å². The first-order valence-electron chi connectivity index (χ1n) is 14.1. The fourth-order valence-corrected chi connectivity index (χ4v) is 5.63. The molecule has 0 radical (unpaired) electrons. The molecule has 0 aromatic heterocycles. The number of benzene rings is 1. The maximum absolute atomic E-state index is 11.6. The molecule has 1 aromatic carbocycles. The molecule has 13 nitrogen and oxygen atoms in total. The number of carboxylic acids is 1. The molecule has 0 spiro atoms. The molecular formula is C28H42O13. The maximum Gasteiger partial charge on any atom is 0.305 e. The van der Waals surface area contributed by atoms with Gasteiger partial charge in [0.25, 0.3) is 0 Å². The second-order valence-corrected chi connectivity index (χ2v) is 11.0. The van der Waals surface area contributed by atoms with Gasteiger partial charge in [-0.2, -0.15) is 0 Å². The fraction of sp³-hybridized carbons (Fsp3) is 0.750. The van der Waals surface area contributed by atoms with Crippen LogP contribution in [0.1, 0.15) is 44.6 Å². The standard InChI is InChI=1S/C28H42O13/c1-14-21(32)23(34)24(35)27(37-14)39-17-9-5-6-10-18(17)40-28-25(36)26(22(33)19(13-29)41-28)38-16(12-20(30)31)11-15-7-3-2-4-8-15/h2-4,7-8,14,16-19,21-29,32-36H,5-6,9-13H2,1H3,(H,30,31)/t14-,16-,17?,18?,19+,21+,22-,23+,24-,25+,26-,27-,28+/m0/s1. The van der Waals surface area contributed by atoms with E-state index in [0.717, 1.165) is 18.4 Å². The van der Waals surface area contributed by atoms with Crippen LogP contribution >= 0.6 is 0 Å². The third-order valence-electron chi connectivity index (χ3n) is 7.95. The van der Waals surface area contributed by atoms with Crippen LogP contribution in [0.25, 0.3) is 0 Å². The molecule has 41 heavy (non-hydrogen) atoms. The quantitative estimate of drug-likeness (QED) is 0.168. The number of aliphatic carboxylic acids is 1. The topological polar surface area (TPSA) is 205 Å². The summed E-state index contributed by atoms with van der Waals surface area (Å²) in [7, 11) is 0. The van der Waals surface area contributed by atoms with E-state index in [1.807, 2.05) is 18.2 Å². The van der Waals surface area contributed by atoms with Crippen LogP contribution in [0.2, 0.25) is 0 Å². The van der Waals surface area contributed by atoms with Crippen molar-refractivity contribution in [2.75, 3.05) is 6.61 Å². The van der Waals surface area contributed by atoms with Gasteiger partial charge in [0.15, 0.2) is 12.6 Å². The summed E-state index contributed by atoms with van der Waals surface area (Å²) in [6.07, 6.45) is -13.0. The number of carboxylic acid groups (broad SMARTS) is 1. The summed E-state index contributed by atoms with van der Waals surface area (Å²) in [5, 5.41) is 72.0. The number of hydrogen-bond acceptors (Lipinski definition) is 12. The smallest absolute Gasteiger partial charge is 0.305 e. The molecule has 3 fully saturated rings. The van der Waals surface area contributed by atoms with E-state index in [1.165, 1.54) is 0 Å². The van der Waals surface area contributed by atoms with Crippen molar-refractivity contribution in [3.8, 4) is 0 Å². The molecule has 2 aliphatic heterocycles. The number of ether oxygens (including phenoxy) is 5. The number of rotatable bonds is 11. The lowest BCUT2D eigenvalue weighted by Gasteiger charge is -2.46. The first-order chi connectivity index (χ1) is 19.6. The Balaban J connectivity index is 1.46. The summed E-state index contributed by atoms with van der Waals surface area (Å²) in [5.41, 5.74) is 0.808. The van der Waals surface area contributed by atoms with Crippen LogP contribution in [0.15, 0.2) is 30.3 Å². The van der Waals surface area contributed by atoms with Crippen LogP contribution in [0.5, 0.6) is 0 Å². The van der Waals surface area contributed by atoms with E-state index in [9.17, 15) is 40.5 Å². The van der Waals surface area contributed by atoms with E-state index in [0.29, 0.717) is 12.8 Å². The molecule has 13 heteroatoms. The zero-order chi connectivity index (χ0) is 29.7. The van der Waals surface area contributed by atoms with Crippen LogP contribution in [-0.4, -0.2) is 128 Å². The molecule has 1 aromatic rings. The largest absolute Gasteiger partial charge is 0.481 e. The lowest BCUT2D eigenvalue weighted by Crippen LogP contribution is -2.62. The van der Waals surface area contributed by atoms with Crippen molar-refractivity contribution in [2.45, 2.75) is 125 Å². The summed E-state index contributed by atoms with van der Waals surface area (Å²) >= 11 is 0. The molecule has 2 unspecified atom stereocenters. The predicted molar refractivity (Wildman–Crippen MR) is 139 cm³/mol. The van der Waals surface area contributed by atoms with Gasteiger partial charge in [0.2, 0.25) is 0 Å². The van der Waals surface area contributed by atoms with Gasteiger partial charge >= 0.3 is 5.97 Å². The van der Waals surface area contributed by atoms with Crippen molar-refractivity contribution in [2.24, 2.45) is 0 Å². The van der Waals surface area contributed by atoms with Gasteiger partial charge in [-0.15, -0.1) is 0 Å². The summed E-state index contributed by atoms with van der Waals surface area (Å²) < 4.78 is 29.4. The molecule has 1 saturated carbocycles. The first-order valence-corrected chi connectivity index (χ1v) is 14.1. The average molecular weight is 587 g/mol. The summed E-state index contributed by atoms with van der Waals surface area (Å²) in [5.74, 6) is -1.12. The highest BCUT2D eigenvalue weighted by Gasteiger charge is 2.49. The zero-order valence-electron chi connectivity index (χ0n) is 22.9. The van der Waals surface area contributed by atoms with Gasteiger partial charge in [-0.1, -0.05) is 43.2 Å². The molecule has 13 atom stereocenters. The van der Waals surface area contributed by atoms with Gasteiger partial charge < -0.3 is 59.4 Å². The van der Waals surface area contributed by atoms with Crippen molar-refractivity contribution in [1.82, 2.24) is 0 Å². The van der Waals surface area contributed by atoms with E-state index >= 15 is 0 Å². The molecule has 1 aliphatic carbocycles. The van der Waals surface area contributed by atoms with Gasteiger partial charge in [-0.3, -0.25) is 4.79 Å². The maximum atomic E-state index is 11.6. The van der Waals surface area contributed by atoms with Crippen molar-refractivity contribution < 1.29 is 64.2 Å². The second kappa shape index (κ2) is 14.6. The SMILES string of the molecule is C[C@@H]1O[C@@H](OC2CCCCC2O[C@@H]2O[C@H](CO)[C@H](O)[C@H](O[C@H](CC(=O)O)Cc3ccccc3)[C@H]2O)[C@@H](O)[C@H](O)[C@@H]1O.